The van der Waals surface area contributed by atoms with Gasteiger partial charge in [0.1, 0.15) is 6.04 Å². The molecule has 0 spiro atoms. The van der Waals surface area contributed by atoms with E-state index in [1.54, 1.807) is 31.1 Å². The summed E-state index contributed by atoms with van der Waals surface area (Å²) >= 11 is 5.99. The Morgan fingerprint density at radius 3 is 2.76 bits per heavy atom. The lowest BCUT2D eigenvalue weighted by molar-refractivity contribution is -0.134. The van der Waals surface area contributed by atoms with E-state index < -0.39 is 6.04 Å². The Labute approximate surface area is 129 Å². The number of rotatable bonds is 2. The molecule has 1 aliphatic heterocycles. The van der Waals surface area contributed by atoms with Crippen LogP contribution >= 0.6 is 11.6 Å². The van der Waals surface area contributed by atoms with Gasteiger partial charge in [-0.1, -0.05) is 17.7 Å². The van der Waals surface area contributed by atoms with Gasteiger partial charge in [0.05, 0.1) is 0 Å². The van der Waals surface area contributed by atoms with E-state index in [2.05, 4.69) is 5.32 Å². The zero-order valence-corrected chi connectivity index (χ0v) is 13.3. The Hall–Kier alpha value is -1.59. The molecule has 0 bridgehead atoms. The van der Waals surface area contributed by atoms with E-state index in [9.17, 15) is 9.59 Å². The lowest BCUT2D eigenvalue weighted by Gasteiger charge is -2.36. The van der Waals surface area contributed by atoms with Crippen LogP contribution in [-0.2, 0) is 4.79 Å². The van der Waals surface area contributed by atoms with Gasteiger partial charge < -0.3 is 15.1 Å². The van der Waals surface area contributed by atoms with Crippen molar-refractivity contribution in [2.75, 3.05) is 33.7 Å². The zero-order chi connectivity index (χ0) is 15.6. The van der Waals surface area contributed by atoms with Gasteiger partial charge in [-0.05, 0) is 24.6 Å². The van der Waals surface area contributed by atoms with Crippen LogP contribution in [0.25, 0.3) is 0 Å². The van der Waals surface area contributed by atoms with Gasteiger partial charge in [-0.15, -0.1) is 0 Å². The van der Waals surface area contributed by atoms with Crippen molar-refractivity contribution in [1.82, 2.24) is 15.1 Å². The molecule has 1 unspecified atom stereocenters. The second-order valence-corrected chi connectivity index (χ2v) is 5.85. The first-order valence-corrected chi connectivity index (χ1v) is 7.28. The fourth-order valence-corrected chi connectivity index (χ4v) is 2.62. The van der Waals surface area contributed by atoms with Crippen molar-refractivity contribution >= 4 is 23.4 Å². The average molecular weight is 310 g/mol. The number of halogens is 1. The first-order valence-electron chi connectivity index (χ1n) is 6.91. The van der Waals surface area contributed by atoms with Crippen LogP contribution < -0.4 is 5.32 Å². The van der Waals surface area contributed by atoms with E-state index in [1.165, 1.54) is 4.90 Å². The second-order valence-electron chi connectivity index (χ2n) is 5.41. The van der Waals surface area contributed by atoms with E-state index in [0.717, 1.165) is 5.56 Å². The number of hydrogen-bond donors (Lipinski definition) is 1. The number of likely N-dealkylation sites (N-methyl/N-ethyl adjacent to an activating group) is 1. The molecule has 1 aromatic carbocycles. The largest absolute Gasteiger partial charge is 0.347 e. The van der Waals surface area contributed by atoms with Gasteiger partial charge in [0, 0.05) is 44.3 Å². The van der Waals surface area contributed by atoms with Crippen LogP contribution in [0, 0.1) is 6.92 Å². The van der Waals surface area contributed by atoms with Crippen LogP contribution in [0.2, 0.25) is 5.02 Å². The Morgan fingerprint density at radius 1 is 1.38 bits per heavy atom. The van der Waals surface area contributed by atoms with E-state index >= 15 is 0 Å². The van der Waals surface area contributed by atoms with Crippen LogP contribution in [0.4, 0.5) is 0 Å². The Kier molecular flexibility index (Phi) is 4.85. The van der Waals surface area contributed by atoms with E-state index in [0.29, 0.717) is 30.2 Å². The molecular weight excluding hydrogens is 290 g/mol. The van der Waals surface area contributed by atoms with Crippen molar-refractivity contribution in [3.8, 4) is 0 Å². The third-order valence-corrected chi connectivity index (χ3v) is 3.90. The predicted molar refractivity (Wildman–Crippen MR) is 82.6 cm³/mol. The van der Waals surface area contributed by atoms with Gasteiger partial charge in [0.15, 0.2) is 0 Å². The number of amides is 2. The molecule has 1 heterocycles. The minimum Gasteiger partial charge on any atom is -0.347 e. The second kappa shape index (κ2) is 6.45. The number of benzene rings is 1. The van der Waals surface area contributed by atoms with Crippen LogP contribution in [0.5, 0.6) is 0 Å². The third-order valence-electron chi connectivity index (χ3n) is 3.66. The zero-order valence-electron chi connectivity index (χ0n) is 12.5. The fraction of sp³-hybridized carbons (Fsp3) is 0.467. The number of piperazine rings is 1. The van der Waals surface area contributed by atoms with Gasteiger partial charge in [-0.3, -0.25) is 9.59 Å². The molecule has 2 amide bonds. The van der Waals surface area contributed by atoms with Crippen LogP contribution in [0.15, 0.2) is 18.2 Å². The first-order chi connectivity index (χ1) is 9.91. The fourth-order valence-electron chi connectivity index (χ4n) is 2.45. The lowest BCUT2D eigenvalue weighted by atomic mass is 10.0. The monoisotopic (exact) mass is 309 g/mol. The van der Waals surface area contributed by atoms with Crippen molar-refractivity contribution in [2.24, 2.45) is 0 Å². The SMILES string of the molecule is Cc1ccc(Cl)cc1C(=O)N1CCNCC1C(=O)N(C)C. The highest BCUT2D eigenvalue weighted by Gasteiger charge is 2.33. The molecule has 114 valence electrons. The summed E-state index contributed by atoms with van der Waals surface area (Å²) in [5.41, 5.74) is 1.42. The van der Waals surface area contributed by atoms with Crippen molar-refractivity contribution in [3.63, 3.8) is 0 Å². The molecule has 21 heavy (non-hydrogen) atoms. The number of nitrogens with one attached hydrogen (secondary N) is 1. The highest BCUT2D eigenvalue weighted by atomic mass is 35.5. The number of carbonyl (C=O) groups excluding carboxylic acids is 2. The summed E-state index contributed by atoms with van der Waals surface area (Å²) in [5.74, 6) is -0.216. The maximum atomic E-state index is 12.8. The molecule has 0 aromatic heterocycles. The maximum Gasteiger partial charge on any atom is 0.254 e. The molecule has 1 N–H and O–H groups in total. The topological polar surface area (TPSA) is 52.7 Å². The molecule has 0 aliphatic carbocycles. The van der Waals surface area contributed by atoms with Crippen molar-refractivity contribution in [1.29, 1.82) is 0 Å². The summed E-state index contributed by atoms with van der Waals surface area (Å²) in [6.07, 6.45) is 0. The summed E-state index contributed by atoms with van der Waals surface area (Å²) < 4.78 is 0. The minimum absolute atomic E-state index is 0.0739. The molecule has 1 saturated heterocycles. The van der Waals surface area contributed by atoms with E-state index in [-0.39, 0.29) is 11.8 Å². The highest BCUT2D eigenvalue weighted by molar-refractivity contribution is 6.31. The summed E-state index contributed by atoms with van der Waals surface area (Å²) in [5, 5.41) is 3.69. The van der Waals surface area contributed by atoms with Crippen molar-refractivity contribution < 1.29 is 9.59 Å². The molecule has 0 radical (unpaired) electrons. The smallest absolute Gasteiger partial charge is 0.254 e. The van der Waals surface area contributed by atoms with Gasteiger partial charge >= 0.3 is 0 Å². The summed E-state index contributed by atoms with van der Waals surface area (Å²) in [4.78, 5) is 28.2. The summed E-state index contributed by atoms with van der Waals surface area (Å²) in [6, 6.07) is 4.77. The predicted octanol–water partition coefficient (Wildman–Crippen LogP) is 1.15. The molecule has 5 nitrogen and oxygen atoms in total. The Balaban J connectivity index is 2.30. The van der Waals surface area contributed by atoms with Gasteiger partial charge in [-0.2, -0.15) is 0 Å². The van der Waals surface area contributed by atoms with Crippen LogP contribution in [-0.4, -0.2) is 61.4 Å². The van der Waals surface area contributed by atoms with E-state index in [4.69, 9.17) is 11.6 Å². The molecule has 1 atom stereocenters. The first kappa shape index (κ1) is 15.8. The number of carbonyl (C=O) groups is 2. The minimum atomic E-state index is -0.473. The molecule has 1 aliphatic rings. The van der Waals surface area contributed by atoms with Gasteiger partial charge in [0.25, 0.3) is 5.91 Å². The standard InChI is InChI=1S/C15H20ClN3O2/c1-10-4-5-11(16)8-12(10)14(20)19-7-6-17-9-13(19)15(21)18(2)3/h4-5,8,13,17H,6-7,9H2,1-3H3. The number of nitrogens with zero attached hydrogens (tertiary/aromatic N) is 2. The van der Waals surface area contributed by atoms with Gasteiger partial charge in [-0.25, -0.2) is 0 Å². The third kappa shape index (κ3) is 3.36. The van der Waals surface area contributed by atoms with Crippen LogP contribution in [0.1, 0.15) is 15.9 Å². The van der Waals surface area contributed by atoms with Gasteiger partial charge in [0.2, 0.25) is 5.91 Å². The van der Waals surface area contributed by atoms with Crippen molar-refractivity contribution in [3.05, 3.63) is 34.3 Å². The molecule has 2 rings (SSSR count). The molecule has 1 aromatic rings. The van der Waals surface area contributed by atoms with Crippen LogP contribution in [0.3, 0.4) is 0 Å². The number of hydrogen-bond acceptors (Lipinski definition) is 3. The molecule has 0 saturated carbocycles. The number of aryl methyl sites for hydroxylation is 1. The van der Waals surface area contributed by atoms with E-state index in [1.807, 2.05) is 13.0 Å². The normalized spacial score (nSPS) is 18.5. The Morgan fingerprint density at radius 2 is 2.10 bits per heavy atom. The molecule has 6 heteroatoms. The molecular formula is C15H20ClN3O2. The average Bonchev–Trinajstić information content (AvgIpc) is 2.48. The summed E-state index contributed by atoms with van der Waals surface area (Å²) in [7, 11) is 3.40. The quantitative estimate of drug-likeness (QED) is 0.891. The van der Waals surface area contributed by atoms with Crippen molar-refractivity contribution in [2.45, 2.75) is 13.0 Å². The Bertz CT molecular complexity index is 560. The lowest BCUT2D eigenvalue weighted by Crippen LogP contribution is -2.59. The molecule has 1 fully saturated rings. The maximum absolute atomic E-state index is 12.8. The highest BCUT2D eigenvalue weighted by Crippen LogP contribution is 2.19. The summed E-state index contributed by atoms with van der Waals surface area (Å²) in [6.45, 7) is 3.54.